The van der Waals surface area contributed by atoms with Crippen molar-refractivity contribution in [1.82, 2.24) is 5.32 Å². The molecular formula is C15H17NO4. The Hall–Kier alpha value is -1.75. The summed E-state index contributed by atoms with van der Waals surface area (Å²) in [7, 11) is 0. The zero-order chi connectivity index (χ0) is 13.5. The molecule has 1 saturated carbocycles. The summed E-state index contributed by atoms with van der Waals surface area (Å²) in [6.07, 6.45) is 2.79. The smallest absolute Gasteiger partial charge is 0.231 e. The van der Waals surface area contributed by atoms with Crippen molar-refractivity contribution < 1.29 is 19.0 Å². The molecule has 4 rings (SSSR count). The highest BCUT2D eigenvalue weighted by atomic mass is 16.7. The van der Waals surface area contributed by atoms with Gasteiger partial charge >= 0.3 is 0 Å². The molecule has 2 aliphatic heterocycles. The topological polar surface area (TPSA) is 56.8 Å². The molecule has 106 valence electrons. The number of fused-ring (bicyclic) bond motifs is 2. The second-order valence-electron chi connectivity index (χ2n) is 5.64. The Morgan fingerprint density at radius 2 is 2.20 bits per heavy atom. The minimum atomic E-state index is 0.0687. The number of hydrogen-bond acceptors (Lipinski definition) is 4. The van der Waals surface area contributed by atoms with Crippen LogP contribution in [0.2, 0.25) is 0 Å². The van der Waals surface area contributed by atoms with Crippen LogP contribution in [0, 0.1) is 5.92 Å². The Morgan fingerprint density at radius 1 is 1.30 bits per heavy atom. The molecule has 0 aromatic heterocycles. The van der Waals surface area contributed by atoms with E-state index in [-0.39, 0.29) is 12.7 Å². The largest absolute Gasteiger partial charge is 0.454 e. The monoisotopic (exact) mass is 275 g/mol. The highest BCUT2D eigenvalue weighted by Gasteiger charge is 2.45. The summed E-state index contributed by atoms with van der Waals surface area (Å²) in [6, 6.07) is 5.94. The summed E-state index contributed by atoms with van der Waals surface area (Å²) in [4.78, 5) is 12.1. The van der Waals surface area contributed by atoms with Crippen molar-refractivity contribution in [3.8, 4) is 11.5 Å². The van der Waals surface area contributed by atoms with E-state index in [2.05, 4.69) is 5.32 Å². The highest BCUT2D eigenvalue weighted by Crippen LogP contribution is 2.38. The van der Waals surface area contributed by atoms with Crippen LogP contribution in [-0.4, -0.2) is 31.5 Å². The molecule has 0 spiro atoms. The van der Waals surface area contributed by atoms with E-state index in [4.69, 9.17) is 14.2 Å². The first kappa shape index (κ1) is 12.0. The fraction of sp³-hybridized carbons (Fsp3) is 0.533. The van der Waals surface area contributed by atoms with E-state index in [9.17, 15) is 4.79 Å². The van der Waals surface area contributed by atoms with E-state index >= 15 is 0 Å². The zero-order valence-electron chi connectivity index (χ0n) is 11.1. The molecule has 1 saturated heterocycles. The lowest BCUT2D eigenvalue weighted by molar-refractivity contribution is -0.123. The van der Waals surface area contributed by atoms with Crippen molar-refractivity contribution in [2.45, 2.75) is 31.4 Å². The summed E-state index contributed by atoms with van der Waals surface area (Å²) in [5.41, 5.74) is 0.949. The van der Waals surface area contributed by atoms with Gasteiger partial charge in [-0.1, -0.05) is 6.07 Å². The fourth-order valence-corrected chi connectivity index (χ4v) is 3.26. The number of amides is 1. The fourth-order valence-electron chi connectivity index (χ4n) is 3.26. The van der Waals surface area contributed by atoms with Crippen molar-refractivity contribution >= 4 is 5.91 Å². The zero-order valence-corrected chi connectivity index (χ0v) is 11.1. The molecular weight excluding hydrogens is 258 g/mol. The van der Waals surface area contributed by atoms with Crippen LogP contribution in [0.5, 0.6) is 11.5 Å². The highest BCUT2D eigenvalue weighted by molar-refractivity contribution is 5.79. The molecule has 5 heteroatoms. The Bertz CT molecular complexity index is 545. The van der Waals surface area contributed by atoms with Crippen LogP contribution in [0.15, 0.2) is 18.2 Å². The molecule has 1 aromatic rings. The lowest BCUT2D eigenvalue weighted by atomic mass is 9.76. The maximum absolute atomic E-state index is 12.1. The molecule has 3 aliphatic rings. The summed E-state index contributed by atoms with van der Waals surface area (Å²) in [5, 5.41) is 3.11. The van der Waals surface area contributed by atoms with Crippen LogP contribution in [0.1, 0.15) is 18.4 Å². The van der Waals surface area contributed by atoms with Gasteiger partial charge in [0.1, 0.15) is 0 Å². The number of rotatable bonds is 3. The Kier molecular flexibility index (Phi) is 2.80. The molecule has 1 N–H and O–H groups in total. The van der Waals surface area contributed by atoms with Crippen molar-refractivity contribution in [3.05, 3.63) is 23.8 Å². The maximum atomic E-state index is 12.1. The summed E-state index contributed by atoms with van der Waals surface area (Å²) in [5.74, 6) is 2.07. The Morgan fingerprint density at radius 3 is 3.10 bits per heavy atom. The van der Waals surface area contributed by atoms with Gasteiger partial charge in [-0.15, -0.1) is 0 Å². The van der Waals surface area contributed by atoms with Gasteiger partial charge in [0.15, 0.2) is 11.5 Å². The maximum Gasteiger partial charge on any atom is 0.231 e. The second kappa shape index (κ2) is 4.66. The van der Waals surface area contributed by atoms with Gasteiger partial charge in [-0.25, -0.2) is 0 Å². The molecule has 1 aliphatic carbocycles. The van der Waals surface area contributed by atoms with Gasteiger partial charge in [0.25, 0.3) is 0 Å². The summed E-state index contributed by atoms with van der Waals surface area (Å²) in [6.45, 7) is 1.10. The van der Waals surface area contributed by atoms with Crippen LogP contribution < -0.4 is 14.8 Å². The molecule has 2 heterocycles. The third-order valence-electron chi connectivity index (χ3n) is 4.41. The van der Waals surface area contributed by atoms with Crippen LogP contribution >= 0.6 is 0 Å². The van der Waals surface area contributed by atoms with E-state index < -0.39 is 0 Å². The predicted molar refractivity (Wildman–Crippen MR) is 70.7 cm³/mol. The third-order valence-corrected chi connectivity index (χ3v) is 4.41. The van der Waals surface area contributed by atoms with E-state index in [0.717, 1.165) is 36.5 Å². The van der Waals surface area contributed by atoms with Crippen molar-refractivity contribution in [1.29, 1.82) is 0 Å². The number of carbonyl (C=O) groups is 1. The number of carbonyl (C=O) groups excluding carboxylic acids is 1. The minimum absolute atomic E-state index is 0.0687. The molecule has 3 atom stereocenters. The summed E-state index contributed by atoms with van der Waals surface area (Å²) >= 11 is 0. The van der Waals surface area contributed by atoms with Gasteiger partial charge in [0.2, 0.25) is 12.7 Å². The van der Waals surface area contributed by atoms with Gasteiger partial charge in [-0.3, -0.25) is 4.79 Å². The molecule has 0 unspecified atom stereocenters. The van der Waals surface area contributed by atoms with Crippen molar-refractivity contribution in [2.75, 3.05) is 13.4 Å². The first-order valence-electron chi connectivity index (χ1n) is 7.09. The van der Waals surface area contributed by atoms with Gasteiger partial charge in [0.05, 0.1) is 12.5 Å². The first-order valence-corrected chi connectivity index (χ1v) is 7.09. The molecule has 0 radical (unpaired) electrons. The Balaban J connectivity index is 1.36. The number of hydrogen-bond donors (Lipinski definition) is 1. The van der Waals surface area contributed by atoms with Crippen LogP contribution in [0.3, 0.4) is 0 Å². The van der Waals surface area contributed by atoms with Crippen LogP contribution in [0.4, 0.5) is 0 Å². The molecule has 20 heavy (non-hydrogen) atoms. The lowest BCUT2D eigenvalue weighted by Gasteiger charge is -2.39. The summed E-state index contributed by atoms with van der Waals surface area (Å²) < 4.78 is 16.1. The van der Waals surface area contributed by atoms with Crippen LogP contribution in [-0.2, 0) is 16.0 Å². The predicted octanol–water partition coefficient (Wildman–Crippen LogP) is 1.25. The molecule has 0 bridgehead atoms. The molecule has 2 fully saturated rings. The standard InChI is InChI=1S/C15H17NO4/c17-15(16-11-7-13-10(11)3-4-18-13)6-9-1-2-12-14(5-9)20-8-19-12/h1-2,5,10-11,13H,3-4,6-8H2,(H,16,17)/t10-,11+,13+/m0/s1. The average Bonchev–Trinajstić information content (AvgIpc) is 3.01. The molecule has 5 nitrogen and oxygen atoms in total. The van der Waals surface area contributed by atoms with E-state index in [1.165, 1.54) is 0 Å². The minimum Gasteiger partial charge on any atom is -0.454 e. The average molecular weight is 275 g/mol. The number of benzene rings is 1. The van der Waals surface area contributed by atoms with Crippen molar-refractivity contribution in [2.24, 2.45) is 5.92 Å². The number of nitrogens with one attached hydrogen (secondary N) is 1. The molecule has 1 aromatic carbocycles. The van der Waals surface area contributed by atoms with E-state index in [1.807, 2.05) is 18.2 Å². The van der Waals surface area contributed by atoms with Gasteiger partial charge in [0, 0.05) is 18.6 Å². The van der Waals surface area contributed by atoms with Gasteiger partial charge < -0.3 is 19.5 Å². The second-order valence-corrected chi connectivity index (χ2v) is 5.64. The third kappa shape index (κ3) is 2.02. The lowest BCUT2D eigenvalue weighted by Crippen LogP contribution is -2.53. The van der Waals surface area contributed by atoms with E-state index in [0.29, 0.717) is 24.5 Å². The Labute approximate surface area is 117 Å². The van der Waals surface area contributed by atoms with Crippen LogP contribution in [0.25, 0.3) is 0 Å². The number of ether oxygens (including phenoxy) is 3. The van der Waals surface area contributed by atoms with Crippen molar-refractivity contribution in [3.63, 3.8) is 0 Å². The van der Waals surface area contributed by atoms with Gasteiger partial charge in [-0.05, 0) is 30.5 Å². The molecule has 1 amide bonds. The normalized spacial score (nSPS) is 29.7. The van der Waals surface area contributed by atoms with Gasteiger partial charge in [-0.2, -0.15) is 0 Å². The quantitative estimate of drug-likeness (QED) is 0.902. The first-order chi connectivity index (χ1) is 9.79. The van der Waals surface area contributed by atoms with E-state index in [1.54, 1.807) is 0 Å². The SMILES string of the molecule is O=C(Cc1ccc2c(c1)OCO2)N[C@@H]1C[C@H]2OCC[C@@H]12.